The topological polar surface area (TPSA) is 127 Å². The van der Waals surface area contributed by atoms with E-state index in [2.05, 4.69) is 4.72 Å². The van der Waals surface area contributed by atoms with Crippen LogP contribution in [0.2, 0.25) is 0 Å². The van der Waals surface area contributed by atoms with Gasteiger partial charge in [-0.25, -0.2) is 21.6 Å². The standard InChI is InChI=1S/C8H14N2O5S2.K/c1-16(11,12)10-7-3-2-6(5-9)4-8(7)17(13,14)15;/h6-8,10H,2-4H2,1H3,(H,13,14,15);/q;+1/p-1. The fourth-order valence-electron chi connectivity index (χ4n) is 1.98. The third kappa shape index (κ3) is 5.93. The summed E-state index contributed by atoms with van der Waals surface area (Å²) in [5.74, 6) is -0.513. The van der Waals surface area contributed by atoms with Gasteiger partial charge in [0.1, 0.15) is 0 Å². The van der Waals surface area contributed by atoms with Gasteiger partial charge in [0.25, 0.3) is 0 Å². The maximum Gasteiger partial charge on any atom is 1.00 e. The normalized spacial score (nSPS) is 29.1. The fraction of sp³-hybridized carbons (Fsp3) is 0.875. The van der Waals surface area contributed by atoms with Crippen LogP contribution in [0.15, 0.2) is 0 Å². The van der Waals surface area contributed by atoms with Gasteiger partial charge in [-0.3, -0.25) is 0 Å². The van der Waals surface area contributed by atoms with Crippen molar-refractivity contribution >= 4 is 20.1 Å². The molecule has 10 heteroatoms. The molecular weight excluding hydrogens is 307 g/mol. The Hall–Kier alpha value is 0.946. The second-order valence-corrected chi connectivity index (χ2v) is 7.54. The summed E-state index contributed by atoms with van der Waals surface area (Å²) in [5.41, 5.74) is 0. The van der Waals surface area contributed by atoms with Crippen LogP contribution in [0.1, 0.15) is 19.3 Å². The zero-order valence-electron chi connectivity index (χ0n) is 10.2. The van der Waals surface area contributed by atoms with Crippen molar-refractivity contribution in [3.05, 3.63) is 0 Å². The predicted octanol–water partition coefficient (Wildman–Crippen LogP) is -3.85. The third-order valence-corrected chi connectivity index (χ3v) is 4.70. The molecule has 0 radical (unpaired) electrons. The molecular formula is C8H13KN2O5S2. The Kier molecular flexibility index (Phi) is 7.47. The van der Waals surface area contributed by atoms with Crippen molar-refractivity contribution < 1.29 is 72.8 Å². The van der Waals surface area contributed by atoms with E-state index in [1.54, 1.807) is 0 Å². The van der Waals surface area contributed by atoms with Crippen LogP contribution >= 0.6 is 0 Å². The van der Waals surface area contributed by atoms with Gasteiger partial charge in [0.05, 0.1) is 27.7 Å². The van der Waals surface area contributed by atoms with E-state index in [0.29, 0.717) is 6.42 Å². The molecule has 1 aliphatic rings. The minimum absolute atomic E-state index is 0. The first-order valence-electron chi connectivity index (χ1n) is 4.95. The molecule has 0 aromatic heterocycles. The average Bonchev–Trinajstić information content (AvgIpc) is 2.14. The SMILES string of the molecule is CS(=O)(=O)NC1CCC(C#N)CC1S(=O)(=O)[O-].[K+]. The monoisotopic (exact) mass is 320 g/mol. The number of rotatable bonds is 3. The zero-order chi connectivity index (χ0) is 13.3. The number of nitrogens with one attached hydrogen (secondary N) is 1. The minimum atomic E-state index is -4.62. The molecule has 1 fully saturated rings. The molecule has 98 valence electrons. The molecule has 3 unspecified atom stereocenters. The van der Waals surface area contributed by atoms with Gasteiger partial charge in [0.15, 0.2) is 0 Å². The Morgan fingerprint density at radius 2 is 1.83 bits per heavy atom. The van der Waals surface area contributed by atoms with Crippen LogP contribution in [0.25, 0.3) is 0 Å². The molecule has 0 bridgehead atoms. The van der Waals surface area contributed by atoms with Gasteiger partial charge < -0.3 is 4.55 Å². The second kappa shape index (κ2) is 7.10. The number of nitrogens with zero attached hydrogens (tertiary/aromatic N) is 1. The van der Waals surface area contributed by atoms with E-state index in [-0.39, 0.29) is 64.2 Å². The molecule has 7 nitrogen and oxygen atoms in total. The van der Waals surface area contributed by atoms with Crippen molar-refractivity contribution in [2.24, 2.45) is 5.92 Å². The van der Waals surface area contributed by atoms with E-state index in [1.807, 2.05) is 6.07 Å². The molecule has 18 heavy (non-hydrogen) atoms. The predicted molar refractivity (Wildman–Crippen MR) is 58.2 cm³/mol. The summed E-state index contributed by atoms with van der Waals surface area (Å²) < 4.78 is 57.4. The van der Waals surface area contributed by atoms with Gasteiger partial charge in [-0.2, -0.15) is 5.26 Å². The van der Waals surface area contributed by atoms with E-state index in [1.165, 1.54) is 0 Å². The Morgan fingerprint density at radius 3 is 2.22 bits per heavy atom. The number of hydrogen-bond donors (Lipinski definition) is 1. The maximum absolute atomic E-state index is 11.1. The molecule has 0 amide bonds. The van der Waals surface area contributed by atoms with Gasteiger partial charge in [0, 0.05) is 12.0 Å². The van der Waals surface area contributed by atoms with E-state index in [0.717, 1.165) is 6.26 Å². The first-order valence-corrected chi connectivity index (χ1v) is 8.31. The number of nitriles is 1. The molecule has 1 N–H and O–H groups in total. The van der Waals surface area contributed by atoms with Gasteiger partial charge >= 0.3 is 51.4 Å². The first kappa shape index (κ1) is 18.9. The van der Waals surface area contributed by atoms with Crippen molar-refractivity contribution in [3.63, 3.8) is 0 Å². The summed E-state index contributed by atoms with van der Waals surface area (Å²) >= 11 is 0. The molecule has 0 aromatic rings. The number of sulfonamides is 1. The molecule has 3 atom stereocenters. The smallest absolute Gasteiger partial charge is 0.748 e. The molecule has 0 aliphatic heterocycles. The summed E-state index contributed by atoms with van der Waals surface area (Å²) in [6.07, 6.45) is 1.35. The first-order chi connectivity index (χ1) is 7.63. The molecule has 1 aliphatic carbocycles. The van der Waals surface area contributed by atoms with Crippen LogP contribution in [-0.2, 0) is 20.1 Å². The summed E-state index contributed by atoms with van der Waals surface area (Å²) in [5, 5.41) is 7.34. The molecule has 0 spiro atoms. The molecule has 0 heterocycles. The Balaban J connectivity index is 0.00000289. The summed E-state index contributed by atoms with van der Waals surface area (Å²) in [6, 6.07) is 0.976. The fourth-order valence-corrected chi connectivity index (χ4v) is 3.97. The third-order valence-electron chi connectivity index (χ3n) is 2.71. The van der Waals surface area contributed by atoms with Crippen LogP contribution in [0.3, 0.4) is 0 Å². The van der Waals surface area contributed by atoms with E-state index in [4.69, 9.17) is 5.26 Å². The second-order valence-electron chi connectivity index (χ2n) is 4.17. The van der Waals surface area contributed by atoms with E-state index < -0.39 is 37.4 Å². The Labute approximate surface area is 150 Å². The maximum atomic E-state index is 11.1. The van der Waals surface area contributed by atoms with Crippen molar-refractivity contribution in [1.82, 2.24) is 4.72 Å². The quantitative estimate of drug-likeness (QED) is 0.419. The molecule has 1 saturated carbocycles. The van der Waals surface area contributed by atoms with Crippen LogP contribution in [0, 0.1) is 17.2 Å². The van der Waals surface area contributed by atoms with E-state index in [9.17, 15) is 21.4 Å². The van der Waals surface area contributed by atoms with Crippen LogP contribution < -0.4 is 56.1 Å². The largest absolute Gasteiger partial charge is 1.00 e. The Bertz CT molecular complexity index is 524. The summed E-state index contributed by atoms with van der Waals surface area (Å²) in [7, 11) is -8.20. The number of hydrogen-bond acceptors (Lipinski definition) is 6. The van der Waals surface area contributed by atoms with Crippen LogP contribution in [0.4, 0.5) is 0 Å². The Morgan fingerprint density at radius 1 is 1.28 bits per heavy atom. The van der Waals surface area contributed by atoms with Gasteiger partial charge in [-0.05, 0) is 19.3 Å². The molecule has 1 rings (SSSR count). The van der Waals surface area contributed by atoms with Crippen molar-refractivity contribution in [2.75, 3.05) is 6.26 Å². The van der Waals surface area contributed by atoms with Crippen molar-refractivity contribution in [2.45, 2.75) is 30.6 Å². The van der Waals surface area contributed by atoms with E-state index >= 15 is 0 Å². The average molecular weight is 320 g/mol. The minimum Gasteiger partial charge on any atom is -0.748 e. The van der Waals surface area contributed by atoms with Gasteiger partial charge in [0.2, 0.25) is 10.0 Å². The van der Waals surface area contributed by atoms with Crippen LogP contribution in [0.5, 0.6) is 0 Å². The van der Waals surface area contributed by atoms with Crippen LogP contribution in [-0.4, -0.2) is 38.9 Å². The van der Waals surface area contributed by atoms with Crippen molar-refractivity contribution in [1.29, 1.82) is 5.26 Å². The van der Waals surface area contributed by atoms with Crippen molar-refractivity contribution in [3.8, 4) is 6.07 Å². The van der Waals surface area contributed by atoms with Gasteiger partial charge in [-0.15, -0.1) is 0 Å². The molecule has 0 saturated heterocycles. The van der Waals surface area contributed by atoms with Gasteiger partial charge in [-0.1, -0.05) is 0 Å². The molecule has 0 aromatic carbocycles. The summed E-state index contributed by atoms with van der Waals surface area (Å²) in [6.45, 7) is 0. The summed E-state index contributed by atoms with van der Waals surface area (Å²) in [4.78, 5) is 0. The zero-order valence-corrected chi connectivity index (χ0v) is 14.9.